The maximum atomic E-state index is 12.9. The van der Waals surface area contributed by atoms with Crippen LogP contribution in [0.15, 0.2) is 60.9 Å². The number of pyridine rings is 1. The maximum Gasteiger partial charge on any atom is 0.257 e. The minimum absolute atomic E-state index is 0.101. The molecule has 9 nitrogen and oxygen atoms in total. The third kappa shape index (κ3) is 5.27. The maximum absolute atomic E-state index is 12.9. The Morgan fingerprint density at radius 1 is 0.974 bits per heavy atom. The van der Waals surface area contributed by atoms with Crippen LogP contribution >= 0.6 is 0 Å². The Hall–Kier alpha value is -4.53. The van der Waals surface area contributed by atoms with Gasteiger partial charge in [-0.05, 0) is 63.4 Å². The molecule has 0 aliphatic carbocycles. The summed E-state index contributed by atoms with van der Waals surface area (Å²) in [6, 6.07) is 13.8. The fourth-order valence-corrected chi connectivity index (χ4v) is 4.47. The van der Waals surface area contributed by atoms with Gasteiger partial charge < -0.3 is 20.6 Å². The van der Waals surface area contributed by atoms with Crippen LogP contribution in [0.5, 0.6) is 5.75 Å². The Labute approximate surface area is 221 Å². The normalized spacial score (nSPS) is 13.5. The van der Waals surface area contributed by atoms with Crippen molar-refractivity contribution in [1.29, 1.82) is 0 Å². The third-order valence-corrected chi connectivity index (χ3v) is 6.31. The van der Waals surface area contributed by atoms with Gasteiger partial charge in [0, 0.05) is 42.1 Å². The zero-order valence-corrected chi connectivity index (χ0v) is 21.7. The topological polar surface area (TPSA) is 120 Å². The molecule has 4 aromatic rings. The van der Waals surface area contributed by atoms with Crippen LogP contribution in [0.25, 0.3) is 22.0 Å². The first-order valence-corrected chi connectivity index (χ1v) is 12.6. The molecule has 2 aromatic carbocycles. The summed E-state index contributed by atoms with van der Waals surface area (Å²) in [5.41, 5.74) is 2.31. The molecule has 0 spiro atoms. The average Bonchev–Trinajstić information content (AvgIpc) is 3.43. The highest BCUT2D eigenvalue weighted by Crippen LogP contribution is 2.34. The second-order valence-corrected chi connectivity index (χ2v) is 10.4. The lowest BCUT2D eigenvalue weighted by molar-refractivity contribution is 0.0789. The van der Waals surface area contributed by atoms with Gasteiger partial charge in [-0.2, -0.15) is 0 Å². The third-order valence-electron chi connectivity index (χ3n) is 6.31. The molecule has 2 amide bonds. The summed E-state index contributed by atoms with van der Waals surface area (Å²) in [5.74, 6) is 0.169. The molecule has 0 bridgehead atoms. The molecule has 9 heteroatoms. The zero-order chi connectivity index (χ0) is 26.9. The van der Waals surface area contributed by atoms with Gasteiger partial charge in [0.25, 0.3) is 11.8 Å². The lowest BCUT2D eigenvalue weighted by atomic mass is 10.0. The molecule has 1 saturated heterocycles. The Morgan fingerprint density at radius 2 is 1.71 bits per heavy atom. The van der Waals surface area contributed by atoms with E-state index in [0.29, 0.717) is 52.4 Å². The number of hydrogen-bond donors (Lipinski definition) is 3. The monoisotopic (exact) mass is 510 g/mol. The van der Waals surface area contributed by atoms with Crippen LogP contribution in [0.3, 0.4) is 0 Å². The van der Waals surface area contributed by atoms with Gasteiger partial charge in [0.1, 0.15) is 11.6 Å². The van der Waals surface area contributed by atoms with Crippen molar-refractivity contribution in [1.82, 2.24) is 19.9 Å². The minimum Gasteiger partial charge on any atom is -0.507 e. The molecule has 3 heterocycles. The zero-order valence-electron chi connectivity index (χ0n) is 21.7. The van der Waals surface area contributed by atoms with E-state index in [4.69, 9.17) is 4.98 Å². The summed E-state index contributed by atoms with van der Waals surface area (Å²) in [5, 5.41) is 17.5. The van der Waals surface area contributed by atoms with Crippen LogP contribution in [-0.2, 0) is 0 Å². The summed E-state index contributed by atoms with van der Waals surface area (Å²) < 4.78 is 0. The van der Waals surface area contributed by atoms with Crippen molar-refractivity contribution in [3.8, 4) is 16.9 Å². The van der Waals surface area contributed by atoms with E-state index in [0.717, 1.165) is 12.8 Å². The van der Waals surface area contributed by atoms with Crippen molar-refractivity contribution in [2.75, 3.05) is 23.7 Å². The van der Waals surface area contributed by atoms with E-state index in [9.17, 15) is 14.7 Å². The lowest BCUT2D eigenvalue weighted by Gasteiger charge is -2.21. The van der Waals surface area contributed by atoms with E-state index in [2.05, 4.69) is 20.6 Å². The van der Waals surface area contributed by atoms with E-state index in [1.165, 1.54) is 0 Å². The fourth-order valence-electron chi connectivity index (χ4n) is 4.47. The molecule has 0 radical (unpaired) electrons. The Balaban J connectivity index is 1.56. The molecule has 38 heavy (non-hydrogen) atoms. The van der Waals surface area contributed by atoms with Crippen molar-refractivity contribution in [2.24, 2.45) is 0 Å². The standard InChI is InChI=1S/C29H30N6O3/c1-29(2,3)34-28-31-17-22-24(32-28)21(16-30-25(22)33-26(37)18-9-5-4-6-10-18)19-11-12-20(23(36)15-19)27(38)35-13-7-8-14-35/h4-6,9-12,15-17,36H,7-8,13-14H2,1-3H3,(H,30,33,37)(H,31,32,34). The molecule has 3 N–H and O–H groups in total. The molecule has 1 aliphatic heterocycles. The fraction of sp³-hybridized carbons (Fsp3) is 0.276. The number of aromatic nitrogens is 3. The molecular formula is C29H30N6O3. The number of phenols is 1. The van der Waals surface area contributed by atoms with E-state index in [1.807, 2.05) is 26.8 Å². The average molecular weight is 511 g/mol. The van der Waals surface area contributed by atoms with Crippen LogP contribution in [0, 0.1) is 0 Å². The van der Waals surface area contributed by atoms with E-state index < -0.39 is 0 Å². The minimum atomic E-state index is -0.300. The van der Waals surface area contributed by atoms with Gasteiger partial charge in [-0.1, -0.05) is 24.3 Å². The summed E-state index contributed by atoms with van der Waals surface area (Å²) >= 11 is 0. The van der Waals surface area contributed by atoms with E-state index in [1.54, 1.807) is 59.8 Å². The number of fused-ring (bicyclic) bond motifs is 1. The van der Waals surface area contributed by atoms with Gasteiger partial charge in [-0.3, -0.25) is 9.59 Å². The number of rotatable bonds is 5. The number of aromatic hydroxyl groups is 1. The Kier molecular flexibility index (Phi) is 6.67. The highest BCUT2D eigenvalue weighted by atomic mass is 16.3. The molecular weight excluding hydrogens is 480 g/mol. The largest absolute Gasteiger partial charge is 0.507 e. The van der Waals surface area contributed by atoms with E-state index >= 15 is 0 Å². The van der Waals surface area contributed by atoms with Gasteiger partial charge in [0.15, 0.2) is 0 Å². The predicted molar refractivity (Wildman–Crippen MR) is 147 cm³/mol. The highest BCUT2D eigenvalue weighted by Gasteiger charge is 2.23. The SMILES string of the molecule is CC(C)(C)Nc1ncc2c(NC(=O)c3ccccc3)ncc(-c3ccc(C(=O)N4CCCC4)c(O)c3)c2n1. The van der Waals surface area contributed by atoms with Gasteiger partial charge >= 0.3 is 0 Å². The number of amides is 2. The first-order valence-electron chi connectivity index (χ1n) is 12.6. The molecule has 1 fully saturated rings. The van der Waals surface area contributed by atoms with Crippen molar-refractivity contribution in [3.63, 3.8) is 0 Å². The summed E-state index contributed by atoms with van der Waals surface area (Å²) in [6.07, 6.45) is 5.17. The number of nitrogens with one attached hydrogen (secondary N) is 2. The molecule has 0 unspecified atom stereocenters. The molecule has 5 rings (SSSR count). The number of carbonyl (C=O) groups excluding carboxylic acids is 2. The van der Waals surface area contributed by atoms with Crippen LogP contribution in [0.4, 0.5) is 11.8 Å². The van der Waals surface area contributed by atoms with Crippen molar-refractivity contribution < 1.29 is 14.7 Å². The highest BCUT2D eigenvalue weighted by molar-refractivity contribution is 6.09. The van der Waals surface area contributed by atoms with Gasteiger partial charge in [-0.15, -0.1) is 0 Å². The molecule has 0 saturated carbocycles. The Morgan fingerprint density at radius 3 is 2.39 bits per heavy atom. The molecule has 1 aliphatic rings. The molecule has 0 atom stereocenters. The molecule has 2 aromatic heterocycles. The van der Waals surface area contributed by atoms with E-state index in [-0.39, 0.29) is 28.7 Å². The number of benzene rings is 2. The molecule has 194 valence electrons. The second kappa shape index (κ2) is 10.1. The Bertz CT molecular complexity index is 1510. The summed E-state index contributed by atoms with van der Waals surface area (Å²) in [6.45, 7) is 7.42. The van der Waals surface area contributed by atoms with Gasteiger partial charge in [0.05, 0.1) is 16.5 Å². The number of carbonyl (C=O) groups is 2. The van der Waals surface area contributed by atoms with Crippen LogP contribution in [-0.4, -0.2) is 55.4 Å². The predicted octanol–water partition coefficient (Wildman–Crippen LogP) is 5.10. The van der Waals surface area contributed by atoms with Crippen molar-refractivity contribution in [3.05, 3.63) is 72.1 Å². The lowest BCUT2D eigenvalue weighted by Crippen LogP contribution is -2.27. The number of likely N-dealkylation sites (tertiary alicyclic amines) is 1. The number of hydrogen-bond acceptors (Lipinski definition) is 7. The van der Waals surface area contributed by atoms with Gasteiger partial charge in [0.2, 0.25) is 5.95 Å². The number of anilines is 2. The van der Waals surface area contributed by atoms with Crippen molar-refractivity contribution in [2.45, 2.75) is 39.2 Å². The second-order valence-electron chi connectivity index (χ2n) is 10.4. The quantitative estimate of drug-likeness (QED) is 0.342. The van der Waals surface area contributed by atoms with Crippen molar-refractivity contribution >= 4 is 34.5 Å². The van der Waals surface area contributed by atoms with Crippen LogP contribution in [0.1, 0.15) is 54.3 Å². The smallest absolute Gasteiger partial charge is 0.257 e. The van der Waals surface area contributed by atoms with Crippen LogP contribution in [0.2, 0.25) is 0 Å². The number of phenolic OH excluding ortho intramolecular Hbond substituents is 1. The summed E-state index contributed by atoms with van der Waals surface area (Å²) in [7, 11) is 0. The number of nitrogens with zero attached hydrogens (tertiary/aromatic N) is 4. The first kappa shape index (κ1) is 25.1. The van der Waals surface area contributed by atoms with Gasteiger partial charge in [-0.25, -0.2) is 15.0 Å². The van der Waals surface area contributed by atoms with Crippen LogP contribution < -0.4 is 10.6 Å². The first-order chi connectivity index (χ1) is 18.2. The summed E-state index contributed by atoms with van der Waals surface area (Å²) in [4.78, 5) is 41.2.